The average Bonchev–Trinajstić information content (AvgIpc) is 3.18. The van der Waals surface area contributed by atoms with Crippen LogP contribution in [0.3, 0.4) is 0 Å². The second-order valence-electron chi connectivity index (χ2n) is 6.44. The molecule has 2 aromatic carbocycles. The van der Waals surface area contributed by atoms with Crippen LogP contribution >= 0.6 is 22.9 Å². The predicted octanol–water partition coefficient (Wildman–Crippen LogP) is 4.95. The van der Waals surface area contributed by atoms with Crippen LogP contribution in [0.4, 0.5) is 5.69 Å². The van der Waals surface area contributed by atoms with E-state index in [4.69, 9.17) is 11.6 Å². The number of anilines is 1. The lowest BCUT2D eigenvalue weighted by molar-refractivity contribution is -0.119. The number of carbonyl (C=O) groups is 2. The number of amides is 2. The molecule has 0 saturated carbocycles. The zero-order valence-electron chi connectivity index (χ0n) is 14.6. The maximum atomic E-state index is 13.3. The summed E-state index contributed by atoms with van der Waals surface area (Å²) >= 11 is 7.59. The minimum Gasteiger partial charge on any atom is -0.333 e. The summed E-state index contributed by atoms with van der Waals surface area (Å²) < 4.78 is 0. The fraction of sp³-hybridized carbons (Fsp3) is 0.143. The number of nitrogens with one attached hydrogen (secondary N) is 1. The first kappa shape index (κ1) is 17.8. The Morgan fingerprint density at radius 3 is 2.67 bits per heavy atom. The summed E-state index contributed by atoms with van der Waals surface area (Å²) in [5.74, 6) is -0.750. The summed E-state index contributed by atoms with van der Waals surface area (Å²) in [6.45, 7) is 0. The first-order valence-corrected chi connectivity index (χ1v) is 9.78. The van der Waals surface area contributed by atoms with Crippen LogP contribution in [0, 0.1) is 0 Å². The van der Waals surface area contributed by atoms with Crippen LogP contribution < -0.4 is 5.32 Å². The molecule has 3 aromatic rings. The molecule has 4 rings (SSSR count). The smallest absolute Gasteiger partial charge is 0.254 e. The fourth-order valence-corrected chi connectivity index (χ4v) is 4.65. The average molecular weight is 397 g/mol. The molecule has 6 heteroatoms. The van der Waals surface area contributed by atoms with Crippen molar-refractivity contribution in [2.24, 2.45) is 0 Å². The van der Waals surface area contributed by atoms with Gasteiger partial charge < -0.3 is 10.2 Å². The molecule has 1 aromatic heterocycles. The molecule has 0 aliphatic carbocycles. The van der Waals surface area contributed by atoms with Crippen LogP contribution in [0.1, 0.15) is 32.8 Å². The third-order valence-corrected chi connectivity index (χ3v) is 5.97. The van der Waals surface area contributed by atoms with E-state index >= 15 is 0 Å². The van der Waals surface area contributed by atoms with Gasteiger partial charge in [0.1, 0.15) is 0 Å². The molecule has 0 radical (unpaired) electrons. The zero-order chi connectivity index (χ0) is 19.0. The number of halogens is 1. The van der Waals surface area contributed by atoms with Crippen molar-refractivity contribution >= 4 is 40.4 Å². The van der Waals surface area contributed by atoms with Crippen LogP contribution in [0.2, 0.25) is 5.02 Å². The van der Waals surface area contributed by atoms with E-state index in [0.29, 0.717) is 16.3 Å². The summed E-state index contributed by atoms with van der Waals surface area (Å²) in [5, 5.41) is 5.48. The molecular formula is C21H17ClN2O2S. The Kier molecular flexibility index (Phi) is 4.72. The van der Waals surface area contributed by atoms with E-state index in [2.05, 4.69) is 5.32 Å². The topological polar surface area (TPSA) is 49.4 Å². The monoisotopic (exact) mass is 396 g/mol. The highest BCUT2D eigenvalue weighted by molar-refractivity contribution is 7.10. The van der Waals surface area contributed by atoms with E-state index in [1.807, 2.05) is 35.7 Å². The largest absolute Gasteiger partial charge is 0.333 e. The van der Waals surface area contributed by atoms with Crippen LogP contribution in [-0.2, 0) is 4.79 Å². The molecule has 0 spiro atoms. The molecule has 0 bridgehead atoms. The normalized spacial score (nSPS) is 18.9. The van der Waals surface area contributed by atoms with Crippen molar-refractivity contribution in [2.45, 2.75) is 12.0 Å². The van der Waals surface area contributed by atoms with Gasteiger partial charge in [0, 0.05) is 28.2 Å². The molecule has 1 N–H and O–H groups in total. The van der Waals surface area contributed by atoms with Crippen molar-refractivity contribution in [3.63, 3.8) is 0 Å². The third-order valence-electron chi connectivity index (χ3n) is 4.79. The molecule has 1 aliphatic rings. The van der Waals surface area contributed by atoms with Crippen LogP contribution in [0.25, 0.3) is 0 Å². The molecule has 1 aliphatic heterocycles. The van der Waals surface area contributed by atoms with Crippen molar-refractivity contribution < 1.29 is 9.59 Å². The maximum Gasteiger partial charge on any atom is 0.254 e. The van der Waals surface area contributed by atoms with E-state index in [0.717, 1.165) is 10.4 Å². The summed E-state index contributed by atoms with van der Waals surface area (Å²) in [6, 6.07) is 17.9. The minimum absolute atomic E-state index is 0.0733. The summed E-state index contributed by atoms with van der Waals surface area (Å²) in [7, 11) is 1.75. The van der Waals surface area contributed by atoms with E-state index in [1.54, 1.807) is 53.6 Å². The van der Waals surface area contributed by atoms with E-state index in [9.17, 15) is 9.59 Å². The molecule has 2 amide bonds. The molecule has 2 atom stereocenters. The number of carbonyl (C=O) groups excluding carboxylic acids is 2. The van der Waals surface area contributed by atoms with E-state index in [1.165, 1.54) is 0 Å². The summed E-state index contributed by atoms with van der Waals surface area (Å²) in [5.41, 5.74) is 1.95. The standard InChI is InChI=1S/C21H17ClN2O2S/c1-24-19(17-10-5-11-27-17)18(15-8-2-3-9-16(15)21(24)26)20(25)23-14-7-4-6-13(22)12-14/h2-12,18-19H,1H3,(H,23,25). The maximum absolute atomic E-state index is 13.3. The van der Waals surface area contributed by atoms with Gasteiger partial charge in [-0.05, 0) is 41.3 Å². The van der Waals surface area contributed by atoms with Gasteiger partial charge in [-0.25, -0.2) is 0 Å². The van der Waals surface area contributed by atoms with Gasteiger partial charge in [-0.2, -0.15) is 0 Å². The Labute approximate surface area is 166 Å². The zero-order valence-corrected chi connectivity index (χ0v) is 16.1. The number of benzene rings is 2. The van der Waals surface area contributed by atoms with Crippen molar-refractivity contribution in [1.82, 2.24) is 4.90 Å². The van der Waals surface area contributed by atoms with Gasteiger partial charge in [0.25, 0.3) is 5.91 Å². The molecule has 136 valence electrons. The minimum atomic E-state index is -0.512. The highest BCUT2D eigenvalue weighted by Gasteiger charge is 2.43. The van der Waals surface area contributed by atoms with Crippen molar-refractivity contribution in [3.8, 4) is 0 Å². The Hall–Kier alpha value is -2.63. The Bertz CT molecular complexity index is 1000. The number of nitrogens with zero attached hydrogens (tertiary/aromatic N) is 1. The predicted molar refractivity (Wildman–Crippen MR) is 108 cm³/mol. The Morgan fingerprint density at radius 2 is 1.93 bits per heavy atom. The van der Waals surface area contributed by atoms with Crippen LogP contribution in [-0.4, -0.2) is 23.8 Å². The van der Waals surface area contributed by atoms with Gasteiger partial charge in [-0.3, -0.25) is 9.59 Å². The number of hydrogen-bond acceptors (Lipinski definition) is 3. The van der Waals surface area contributed by atoms with Crippen LogP contribution in [0.15, 0.2) is 66.0 Å². The van der Waals surface area contributed by atoms with Crippen molar-refractivity contribution in [2.75, 3.05) is 12.4 Å². The fourth-order valence-electron chi connectivity index (χ4n) is 3.56. The van der Waals surface area contributed by atoms with E-state index in [-0.39, 0.29) is 17.9 Å². The quantitative estimate of drug-likeness (QED) is 0.680. The number of hydrogen-bond donors (Lipinski definition) is 1. The second kappa shape index (κ2) is 7.18. The number of likely N-dealkylation sites (N-methyl/N-ethyl adjacent to an activating group) is 1. The lowest BCUT2D eigenvalue weighted by Crippen LogP contribution is -2.43. The highest BCUT2D eigenvalue weighted by atomic mass is 35.5. The van der Waals surface area contributed by atoms with Crippen molar-refractivity contribution in [1.29, 1.82) is 0 Å². The van der Waals surface area contributed by atoms with Gasteiger partial charge >= 0.3 is 0 Å². The molecule has 2 heterocycles. The lowest BCUT2D eigenvalue weighted by Gasteiger charge is -2.39. The molecule has 0 saturated heterocycles. The molecular weight excluding hydrogens is 380 g/mol. The Morgan fingerprint density at radius 1 is 1.11 bits per heavy atom. The third kappa shape index (κ3) is 3.24. The van der Waals surface area contributed by atoms with Gasteiger partial charge in [0.2, 0.25) is 5.91 Å². The van der Waals surface area contributed by atoms with Gasteiger partial charge in [-0.1, -0.05) is 41.9 Å². The summed E-state index contributed by atoms with van der Waals surface area (Å²) in [6.07, 6.45) is 0. The number of rotatable bonds is 3. The molecule has 27 heavy (non-hydrogen) atoms. The second-order valence-corrected chi connectivity index (χ2v) is 7.86. The first-order valence-electron chi connectivity index (χ1n) is 8.52. The van der Waals surface area contributed by atoms with Gasteiger partial charge in [0.15, 0.2) is 0 Å². The molecule has 0 fully saturated rings. The van der Waals surface area contributed by atoms with Crippen LogP contribution in [0.5, 0.6) is 0 Å². The summed E-state index contributed by atoms with van der Waals surface area (Å²) in [4.78, 5) is 28.8. The SMILES string of the molecule is CN1C(=O)c2ccccc2C(C(=O)Nc2cccc(Cl)c2)C1c1cccs1. The molecule has 4 nitrogen and oxygen atoms in total. The van der Waals surface area contributed by atoms with Gasteiger partial charge in [-0.15, -0.1) is 11.3 Å². The van der Waals surface area contributed by atoms with E-state index < -0.39 is 5.92 Å². The Balaban J connectivity index is 1.79. The lowest BCUT2D eigenvalue weighted by atomic mass is 9.81. The first-order chi connectivity index (χ1) is 13.1. The number of fused-ring (bicyclic) bond motifs is 1. The number of thiophene rings is 1. The van der Waals surface area contributed by atoms with Gasteiger partial charge in [0.05, 0.1) is 12.0 Å². The molecule has 2 unspecified atom stereocenters. The highest BCUT2D eigenvalue weighted by Crippen LogP contribution is 2.43. The van der Waals surface area contributed by atoms with Crippen molar-refractivity contribution in [3.05, 3.63) is 87.1 Å².